The molecule has 1 aliphatic heterocycles. The first kappa shape index (κ1) is 13.8. The quantitative estimate of drug-likeness (QED) is 0.778. The van der Waals surface area contributed by atoms with Gasteiger partial charge in [-0.05, 0) is 44.0 Å². The van der Waals surface area contributed by atoms with Gasteiger partial charge in [0.05, 0.1) is 16.5 Å². The Morgan fingerprint density at radius 2 is 2.05 bits per heavy atom. The maximum Gasteiger partial charge on any atom is 0.243 e. The van der Waals surface area contributed by atoms with Crippen LogP contribution in [-0.2, 0) is 10.0 Å². The Bertz CT molecular complexity index is 669. The van der Waals surface area contributed by atoms with Gasteiger partial charge in [-0.25, -0.2) is 8.42 Å². The van der Waals surface area contributed by atoms with E-state index >= 15 is 0 Å². The lowest BCUT2D eigenvalue weighted by atomic mass is 10.2. The van der Waals surface area contributed by atoms with Crippen molar-refractivity contribution in [2.75, 3.05) is 13.1 Å². The molecule has 19 heavy (non-hydrogen) atoms. The molecule has 0 saturated heterocycles. The van der Waals surface area contributed by atoms with Crippen LogP contribution in [0.15, 0.2) is 34.7 Å². The minimum Gasteiger partial charge on any atom is -0.207 e. The topological polar surface area (TPSA) is 61.2 Å². The summed E-state index contributed by atoms with van der Waals surface area (Å²) in [5.74, 6) is 0. The van der Waals surface area contributed by atoms with E-state index in [2.05, 4.69) is 6.08 Å². The summed E-state index contributed by atoms with van der Waals surface area (Å²) in [6.07, 6.45) is 2.82. The summed E-state index contributed by atoms with van der Waals surface area (Å²) in [4.78, 5) is 0.293. The molecule has 0 atom stereocenters. The molecule has 5 heteroatoms. The van der Waals surface area contributed by atoms with Crippen LogP contribution in [0.25, 0.3) is 0 Å². The van der Waals surface area contributed by atoms with Crippen LogP contribution in [0.4, 0.5) is 0 Å². The summed E-state index contributed by atoms with van der Waals surface area (Å²) in [6.45, 7) is 4.62. The van der Waals surface area contributed by atoms with Crippen molar-refractivity contribution in [2.45, 2.75) is 25.2 Å². The molecule has 0 spiro atoms. The van der Waals surface area contributed by atoms with Crippen molar-refractivity contribution in [3.05, 3.63) is 41.0 Å². The fourth-order valence-electron chi connectivity index (χ4n) is 2.23. The molecule has 0 N–H and O–H groups in total. The number of nitrogens with zero attached hydrogens (tertiary/aromatic N) is 2. The van der Waals surface area contributed by atoms with Crippen molar-refractivity contribution in [3.8, 4) is 6.07 Å². The Labute approximate surface area is 114 Å². The molecule has 1 heterocycles. The SMILES string of the molecule is CC1=CCCN(S(=O)(=O)c2ccc(C#N)cc2C)C1. The molecule has 2 rings (SSSR count). The third kappa shape index (κ3) is 2.70. The minimum absolute atomic E-state index is 0.293. The highest BCUT2D eigenvalue weighted by Crippen LogP contribution is 2.23. The van der Waals surface area contributed by atoms with Crippen LogP contribution in [0.3, 0.4) is 0 Å². The number of sulfonamides is 1. The van der Waals surface area contributed by atoms with Crippen molar-refractivity contribution in [2.24, 2.45) is 0 Å². The largest absolute Gasteiger partial charge is 0.243 e. The molecule has 0 aliphatic carbocycles. The van der Waals surface area contributed by atoms with Gasteiger partial charge < -0.3 is 0 Å². The maximum absolute atomic E-state index is 12.6. The standard InChI is InChI=1S/C14H16N2O2S/c1-11-4-3-7-16(10-11)19(17,18)14-6-5-13(9-15)8-12(14)2/h4-6,8H,3,7,10H2,1-2H3. The summed E-state index contributed by atoms with van der Waals surface area (Å²) in [5, 5.41) is 8.82. The normalized spacial score (nSPS) is 16.8. The number of hydrogen-bond donors (Lipinski definition) is 0. The minimum atomic E-state index is -3.47. The number of benzene rings is 1. The Balaban J connectivity index is 2.40. The van der Waals surface area contributed by atoms with Gasteiger partial charge in [0, 0.05) is 13.1 Å². The molecule has 0 unspecified atom stereocenters. The first-order valence-electron chi connectivity index (χ1n) is 6.11. The third-order valence-electron chi connectivity index (χ3n) is 3.22. The Morgan fingerprint density at radius 1 is 1.32 bits per heavy atom. The van der Waals surface area contributed by atoms with Crippen LogP contribution in [0.2, 0.25) is 0 Å². The summed E-state index contributed by atoms with van der Waals surface area (Å²) < 4.78 is 26.6. The van der Waals surface area contributed by atoms with Crippen LogP contribution in [0.1, 0.15) is 24.5 Å². The molecular formula is C14H16N2O2S. The predicted octanol–water partition coefficient (Wildman–Crippen LogP) is 2.21. The zero-order valence-electron chi connectivity index (χ0n) is 11.0. The molecule has 0 amide bonds. The summed E-state index contributed by atoms with van der Waals surface area (Å²) in [7, 11) is -3.47. The van der Waals surface area contributed by atoms with Gasteiger partial charge in [0.1, 0.15) is 0 Å². The summed E-state index contributed by atoms with van der Waals surface area (Å²) in [5.41, 5.74) is 2.17. The third-order valence-corrected chi connectivity index (χ3v) is 5.22. The van der Waals surface area contributed by atoms with E-state index in [1.54, 1.807) is 19.1 Å². The van der Waals surface area contributed by atoms with Gasteiger partial charge in [0.25, 0.3) is 0 Å². The molecule has 0 radical (unpaired) electrons. The highest BCUT2D eigenvalue weighted by Gasteiger charge is 2.27. The molecular weight excluding hydrogens is 260 g/mol. The predicted molar refractivity (Wildman–Crippen MR) is 73.0 cm³/mol. The Kier molecular flexibility index (Phi) is 3.74. The fraction of sp³-hybridized carbons (Fsp3) is 0.357. The average molecular weight is 276 g/mol. The van der Waals surface area contributed by atoms with Crippen LogP contribution < -0.4 is 0 Å². The number of rotatable bonds is 2. The molecule has 1 aliphatic rings. The first-order chi connectivity index (χ1) is 8.95. The van der Waals surface area contributed by atoms with Crippen molar-refractivity contribution >= 4 is 10.0 Å². The van der Waals surface area contributed by atoms with Crippen LogP contribution >= 0.6 is 0 Å². The number of hydrogen-bond acceptors (Lipinski definition) is 3. The van der Waals surface area contributed by atoms with Gasteiger partial charge in [-0.1, -0.05) is 11.6 Å². The van der Waals surface area contributed by atoms with Gasteiger partial charge in [-0.15, -0.1) is 0 Å². The molecule has 0 saturated carbocycles. The zero-order chi connectivity index (χ0) is 14.0. The first-order valence-corrected chi connectivity index (χ1v) is 7.55. The van der Waals surface area contributed by atoms with E-state index in [1.165, 1.54) is 10.4 Å². The molecule has 1 aromatic rings. The second-order valence-electron chi connectivity index (χ2n) is 4.77. The summed E-state index contributed by atoms with van der Waals surface area (Å²) in [6, 6.07) is 6.70. The Hall–Kier alpha value is -1.64. The number of aryl methyl sites for hydroxylation is 1. The maximum atomic E-state index is 12.6. The molecule has 0 bridgehead atoms. The lowest BCUT2D eigenvalue weighted by Crippen LogP contribution is -2.35. The van der Waals surface area contributed by atoms with E-state index in [0.717, 1.165) is 12.0 Å². The monoisotopic (exact) mass is 276 g/mol. The van der Waals surface area contributed by atoms with E-state index in [1.807, 2.05) is 13.0 Å². The molecule has 0 fully saturated rings. The van der Waals surface area contributed by atoms with Gasteiger partial charge in [-0.2, -0.15) is 9.57 Å². The van der Waals surface area contributed by atoms with Gasteiger partial charge in [0.15, 0.2) is 0 Å². The van der Waals surface area contributed by atoms with Crippen molar-refractivity contribution in [1.82, 2.24) is 4.31 Å². The van der Waals surface area contributed by atoms with E-state index in [9.17, 15) is 8.42 Å². The highest BCUT2D eigenvalue weighted by molar-refractivity contribution is 7.89. The lowest BCUT2D eigenvalue weighted by molar-refractivity contribution is 0.427. The van der Waals surface area contributed by atoms with E-state index in [-0.39, 0.29) is 0 Å². The van der Waals surface area contributed by atoms with E-state index in [0.29, 0.717) is 29.1 Å². The van der Waals surface area contributed by atoms with Crippen LogP contribution in [-0.4, -0.2) is 25.8 Å². The molecule has 4 nitrogen and oxygen atoms in total. The fourth-order valence-corrected chi connectivity index (χ4v) is 3.93. The van der Waals surface area contributed by atoms with Gasteiger partial charge in [0.2, 0.25) is 10.0 Å². The van der Waals surface area contributed by atoms with Crippen molar-refractivity contribution in [1.29, 1.82) is 5.26 Å². The van der Waals surface area contributed by atoms with Crippen molar-refractivity contribution < 1.29 is 8.42 Å². The van der Waals surface area contributed by atoms with E-state index < -0.39 is 10.0 Å². The average Bonchev–Trinajstić information content (AvgIpc) is 2.38. The highest BCUT2D eigenvalue weighted by atomic mass is 32.2. The van der Waals surface area contributed by atoms with Gasteiger partial charge >= 0.3 is 0 Å². The Morgan fingerprint density at radius 3 is 2.63 bits per heavy atom. The van der Waals surface area contributed by atoms with Gasteiger partial charge in [-0.3, -0.25) is 0 Å². The summed E-state index contributed by atoms with van der Waals surface area (Å²) >= 11 is 0. The molecule has 100 valence electrons. The second kappa shape index (κ2) is 5.16. The molecule has 0 aromatic heterocycles. The van der Waals surface area contributed by atoms with Crippen LogP contribution in [0.5, 0.6) is 0 Å². The second-order valence-corrected chi connectivity index (χ2v) is 6.68. The van der Waals surface area contributed by atoms with Crippen LogP contribution in [0, 0.1) is 18.3 Å². The lowest BCUT2D eigenvalue weighted by Gasteiger charge is -2.26. The number of nitriles is 1. The smallest absolute Gasteiger partial charge is 0.207 e. The van der Waals surface area contributed by atoms with Crippen molar-refractivity contribution in [3.63, 3.8) is 0 Å². The zero-order valence-corrected chi connectivity index (χ0v) is 11.9. The molecule has 1 aromatic carbocycles. The van der Waals surface area contributed by atoms with E-state index in [4.69, 9.17) is 5.26 Å².